The Kier molecular flexibility index (Phi) is 5.98. The highest BCUT2D eigenvalue weighted by atomic mass is 19.4. The first-order valence-corrected chi connectivity index (χ1v) is 12.3. The Morgan fingerprint density at radius 3 is 2.61 bits per heavy atom. The van der Waals surface area contributed by atoms with E-state index < -0.39 is 23.8 Å². The van der Waals surface area contributed by atoms with Gasteiger partial charge in [-0.25, -0.2) is 0 Å². The standard InChI is InChI=1S/C28H29F3N2O3/c1-27(2)15-22(27)26(36)33-11-10-17(20-9-7-18(13-24(20)33)28(29,30)31)12-25(35)32-23-5-3-4-16-6-8-19(34)14-21(16)23/h3-5,7,9,12-13,19,22,34H,6,8,10-11,14-15H2,1-2H3,(H,32,35). The summed E-state index contributed by atoms with van der Waals surface area (Å²) in [6.07, 6.45) is -0.655. The fourth-order valence-electron chi connectivity index (χ4n) is 5.36. The Labute approximate surface area is 208 Å². The van der Waals surface area contributed by atoms with Crippen LogP contribution < -0.4 is 10.2 Å². The maximum atomic E-state index is 13.5. The van der Waals surface area contributed by atoms with Crippen molar-refractivity contribution < 1.29 is 27.9 Å². The Balaban J connectivity index is 1.45. The van der Waals surface area contributed by atoms with Gasteiger partial charge in [-0.1, -0.05) is 32.0 Å². The van der Waals surface area contributed by atoms with Crippen LogP contribution in [0.3, 0.4) is 0 Å². The van der Waals surface area contributed by atoms with Crippen molar-refractivity contribution in [3.8, 4) is 0 Å². The number of alkyl halides is 3. The molecule has 1 heterocycles. The number of halogens is 3. The van der Waals surface area contributed by atoms with Crippen molar-refractivity contribution in [2.24, 2.45) is 11.3 Å². The molecule has 190 valence electrons. The molecule has 2 amide bonds. The third-order valence-corrected chi connectivity index (χ3v) is 7.67. The quantitative estimate of drug-likeness (QED) is 0.560. The fraction of sp³-hybridized carbons (Fsp3) is 0.429. The topological polar surface area (TPSA) is 69.6 Å². The van der Waals surface area contributed by atoms with E-state index in [-0.39, 0.29) is 29.5 Å². The first-order chi connectivity index (χ1) is 16.9. The predicted octanol–water partition coefficient (Wildman–Crippen LogP) is 5.36. The van der Waals surface area contributed by atoms with Crippen molar-refractivity contribution in [3.63, 3.8) is 0 Å². The normalized spacial score (nSPS) is 23.6. The molecular weight excluding hydrogens is 469 g/mol. The van der Waals surface area contributed by atoms with Gasteiger partial charge in [0.05, 0.1) is 17.4 Å². The van der Waals surface area contributed by atoms with Crippen LogP contribution in [0.15, 0.2) is 42.5 Å². The zero-order chi connectivity index (χ0) is 25.8. The van der Waals surface area contributed by atoms with Gasteiger partial charge in [0.2, 0.25) is 11.8 Å². The van der Waals surface area contributed by atoms with Gasteiger partial charge in [0, 0.05) is 36.2 Å². The van der Waals surface area contributed by atoms with Crippen molar-refractivity contribution in [1.29, 1.82) is 0 Å². The fourth-order valence-corrected chi connectivity index (χ4v) is 5.36. The number of rotatable bonds is 3. The van der Waals surface area contributed by atoms with Crippen molar-refractivity contribution >= 4 is 28.8 Å². The van der Waals surface area contributed by atoms with Gasteiger partial charge in [-0.2, -0.15) is 13.2 Å². The second kappa shape index (κ2) is 8.76. The molecule has 2 aromatic carbocycles. The van der Waals surface area contributed by atoms with E-state index in [9.17, 15) is 27.9 Å². The van der Waals surface area contributed by atoms with E-state index in [1.165, 1.54) is 17.0 Å². The number of nitrogens with one attached hydrogen (secondary N) is 1. The molecule has 8 heteroatoms. The molecule has 1 aliphatic heterocycles. The molecule has 2 aliphatic carbocycles. The average molecular weight is 499 g/mol. The first-order valence-electron chi connectivity index (χ1n) is 12.3. The smallest absolute Gasteiger partial charge is 0.393 e. The monoisotopic (exact) mass is 498 g/mol. The van der Waals surface area contributed by atoms with Gasteiger partial charge in [0.25, 0.3) is 0 Å². The third-order valence-electron chi connectivity index (χ3n) is 7.67. The molecule has 0 radical (unpaired) electrons. The van der Waals surface area contributed by atoms with E-state index in [2.05, 4.69) is 5.32 Å². The molecule has 5 rings (SSSR count). The average Bonchev–Trinajstić information content (AvgIpc) is 3.46. The van der Waals surface area contributed by atoms with E-state index in [0.29, 0.717) is 42.5 Å². The lowest BCUT2D eigenvalue weighted by Gasteiger charge is -2.32. The SMILES string of the molecule is CC1(C)CC1C(=O)N1CCC(=CC(=O)Nc2cccc3c2CC(O)CC3)c2ccc(C(F)(F)F)cc21. The van der Waals surface area contributed by atoms with Gasteiger partial charge in [0.15, 0.2) is 0 Å². The van der Waals surface area contributed by atoms with Crippen molar-refractivity contribution in [2.75, 3.05) is 16.8 Å². The maximum absolute atomic E-state index is 13.5. The zero-order valence-corrected chi connectivity index (χ0v) is 20.3. The second-order valence-corrected chi connectivity index (χ2v) is 10.7. The molecule has 0 saturated heterocycles. The van der Waals surface area contributed by atoms with Gasteiger partial charge >= 0.3 is 6.18 Å². The molecule has 0 aromatic heterocycles. The van der Waals surface area contributed by atoms with Gasteiger partial charge in [-0.3, -0.25) is 9.59 Å². The lowest BCUT2D eigenvalue weighted by atomic mass is 9.88. The van der Waals surface area contributed by atoms with Crippen LogP contribution in [0.1, 0.15) is 55.4 Å². The molecule has 2 unspecified atom stereocenters. The Hall–Kier alpha value is -3.13. The molecular formula is C28H29F3N2O3. The summed E-state index contributed by atoms with van der Waals surface area (Å²) in [4.78, 5) is 27.6. The number of aliphatic hydroxyl groups excluding tert-OH is 1. The maximum Gasteiger partial charge on any atom is 0.416 e. The minimum atomic E-state index is -4.54. The Bertz CT molecular complexity index is 1270. The van der Waals surface area contributed by atoms with Gasteiger partial charge in [0.1, 0.15) is 0 Å². The van der Waals surface area contributed by atoms with Crippen molar-refractivity contribution in [3.05, 3.63) is 64.7 Å². The van der Waals surface area contributed by atoms with Crippen LogP contribution in [0.2, 0.25) is 0 Å². The van der Waals surface area contributed by atoms with Crippen LogP contribution in [-0.4, -0.2) is 29.6 Å². The summed E-state index contributed by atoms with van der Waals surface area (Å²) >= 11 is 0. The molecule has 0 bridgehead atoms. The minimum absolute atomic E-state index is 0.155. The van der Waals surface area contributed by atoms with Gasteiger partial charge in [-0.15, -0.1) is 0 Å². The van der Waals surface area contributed by atoms with Crippen LogP contribution in [0.5, 0.6) is 0 Å². The molecule has 1 fully saturated rings. The summed E-state index contributed by atoms with van der Waals surface area (Å²) in [6.45, 7) is 4.17. The van der Waals surface area contributed by atoms with E-state index in [1.807, 2.05) is 26.0 Å². The summed E-state index contributed by atoms with van der Waals surface area (Å²) in [7, 11) is 0. The molecule has 2 N–H and O–H groups in total. The lowest BCUT2D eigenvalue weighted by molar-refractivity contribution is -0.137. The van der Waals surface area contributed by atoms with Crippen LogP contribution in [0.25, 0.3) is 5.57 Å². The largest absolute Gasteiger partial charge is 0.416 e. The van der Waals surface area contributed by atoms with Gasteiger partial charge < -0.3 is 15.3 Å². The number of aliphatic hydroxyl groups is 1. The van der Waals surface area contributed by atoms with Gasteiger partial charge in [-0.05, 0) is 66.0 Å². The van der Waals surface area contributed by atoms with Crippen LogP contribution in [-0.2, 0) is 28.6 Å². The molecule has 2 aromatic rings. The Morgan fingerprint density at radius 1 is 1.17 bits per heavy atom. The Morgan fingerprint density at radius 2 is 1.92 bits per heavy atom. The molecule has 5 nitrogen and oxygen atoms in total. The highest BCUT2D eigenvalue weighted by Gasteiger charge is 2.52. The number of carbonyl (C=O) groups is 2. The molecule has 36 heavy (non-hydrogen) atoms. The zero-order valence-electron chi connectivity index (χ0n) is 20.3. The number of fused-ring (bicyclic) bond motifs is 2. The molecule has 3 aliphatic rings. The number of nitrogens with zero attached hydrogens (tertiary/aromatic N) is 1. The number of amides is 2. The summed E-state index contributed by atoms with van der Waals surface area (Å²) < 4.78 is 40.5. The van der Waals surface area contributed by atoms with Crippen LogP contribution in [0.4, 0.5) is 24.5 Å². The van der Waals surface area contributed by atoms with E-state index in [4.69, 9.17) is 0 Å². The highest BCUT2D eigenvalue weighted by molar-refractivity contribution is 6.07. The van der Waals surface area contributed by atoms with Crippen molar-refractivity contribution in [1.82, 2.24) is 0 Å². The van der Waals surface area contributed by atoms with E-state index in [0.717, 1.165) is 29.7 Å². The first kappa shape index (κ1) is 24.6. The number of hydrogen-bond donors (Lipinski definition) is 2. The van der Waals surface area contributed by atoms with E-state index in [1.54, 1.807) is 6.07 Å². The van der Waals surface area contributed by atoms with E-state index >= 15 is 0 Å². The van der Waals surface area contributed by atoms with Crippen LogP contribution in [0, 0.1) is 11.3 Å². The summed E-state index contributed by atoms with van der Waals surface area (Å²) in [5.41, 5.74) is 2.89. The molecule has 1 saturated carbocycles. The second-order valence-electron chi connectivity index (χ2n) is 10.7. The summed E-state index contributed by atoms with van der Waals surface area (Å²) in [6, 6.07) is 9.00. The third kappa shape index (κ3) is 4.66. The number of benzene rings is 2. The summed E-state index contributed by atoms with van der Waals surface area (Å²) in [5.74, 6) is -0.778. The highest BCUT2D eigenvalue weighted by Crippen LogP contribution is 2.53. The summed E-state index contributed by atoms with van der Waals surface area (Å²) in [5, 5.41) is 13.0. The molecule has 0 spiro atoms. The predicted molar refractivity (Wildman–Crippen MR) is 131 cm³/mol. The van der Waals surface area contributed by atoms with Crippen LogP contribution >= 0.6 is 0 Å². The number of anilines is 2. The lowest BCUT2D eigenvalue weighted by Crippen LogP contribution is -2.37. The minimum Gasteiger partial charge on any atom is -0.393 e. The number of aryl methyl sites for hydroxylation is 1. The van der Waals surface area contributed by atoms with Crippen molar-refractivity contribution in [2.45, 2.75) is 58.2 Å². The number of carbonyl (C=O) groups excluding carboxylic acids is 2. The molecule has 2 atom stereocenters. The number of hydrogen-bond acceptors (Lipinski definition) is 3.